The second-order valence-corrected chi connectivity index (χ2v) is 11.6. The molecule has 1 aliphatic rings. The summed E-state index contributed by atoms with van der Waals surface area (Å²) in [4.78, 5) is 2.52. The van der Waals surface area contributed by atoms with E-state index < -0.39 is 0 Å². The van der Waals surface area contributed by atoms with Crippen molar-refractivity contribution in [2.24, 2.45) is 0 Å². The zero-order valence-electron chi connectivity index (χ0n) is 23.8. The van der Waals surface area contributed by atoms with Crippen molar-refractivity contribution in [3.63, 3.8) is 0 Å². The Balaban J connectivity index is 1.43. The minimum absolute atomic E-state index is 1.03. The van der Waals surface area contributed by atoms with E-state index in [2.05, 4.69) is 157 Å². The van der Waals surface area contributed by atoms with Crippen LogP contribution in [0.15, 0.2) is 152 Å². The zero-order chi connectivity index (χ0) is 28.3. The van der Waals surface area contributed by atoms with Crippen molar-refractivity contribution in [3.8, 4) is 11.1 Å². The second-order valence-electron chi connectivity index (χ2n) is 11.6. The Hall–Kier alpha value is -5.40. The number of hydrogen-bond acceptors (Lipinski definition) is 1. The van der Waals surface area contributed by atoms with Gasteiger partial charge in [0.15, 0.2) is 0 Å². The molecular formula is C42H29N. The maximum Gasteiger partial charge on any atom is 0.0546 e. The van der Waals surface area contributed by atoms with Crippen LogP contribution in [0.5, 0.6) is 0 Å². The van der Waals surface area contributed by atoms with Gasteiger partial charge >= 0.3 is 0 Å². The highest BCUT2D eigenvalue weighted by atomic mass is 15.2. The van der Waals surface area contributed by atoms with E-state index in [-0.39, 0.29) is 0 Å². The van der Waals surface area contributed by atoms with Crippen molar-refractivity contribution in [2.45, 2.75) is 12.8 Å². The summed E-state index contributed by atoms with van der Waals surface area (Å²) < 4.78 is 0. The van der Waals surface area contributed by atoms with Gasteiger partial charge in [0.05, 0.1) is 5.69 Å². The van der Waals surface area contributed by atoms with Crippen LogP contribution in [-0.4, -0.2) is 0 Å². The molecule has 8 aromatic rings. The van der Waals surface area contributed by atoms with Crippen LogP contribution in [0.1, 0.15) is 11.1 Å². The molecule has 0 amide bonds. The smallest absolute Gasteiger partial charge is 0.0546 e. The molecular weight excluding hydrogens is 518 g/mol. The monoisotopic (exact) mass is 547 g/mol. The van der Waals surface area contributed by atoms with Gasteiger partial charge in [-0.05, 0) is 97.1 Å². The van der Waals surface area contributed by atoms with Gasteiger partial charge in [-0.1, -0.05) is 127 Å². The van der Waals surface area contributed by atoms with E-state index in [0.717, 1.165) is 12.8 Å². The fourth-order valence-electron chi connectivity index (χ4n) is 7.37. The normalized spacial score (nSPS) is 12.9. The summed E-state index contributed by atoms with van der Waals surface area (Å²) in [5.74, 6) is 0. The van der Waals surface area contributed by atoms with Gasteiger partial charge in [-0.3, -0.25) is 0 Å². The molecule has 8 aromatic carbocycles. The molecule has 0 N–H and O–H groups in total. The Labute approximate surface area is 251 Å². The Morgan fingerprint density at radius 2 is 0.884 bits per heavy atom. The van der Waals surface area contributed by atoms with E-state index in [1.54, 1.807) is 0 Å². The fourth-order valence-corrected chi connectivity index (χ4v) is 7.37. The van der Waals surface area contributed by atoms with Crippen LogP contribution in [0.3, 0.4) is 0 Å². The quantitative estimate of drug-likeness (QED) is 0.195. The SMILES string of the molecule is c1ccc2c(c1)CCc1ccccc1N2c1cc2cc(-c3cccc4ccccc34)c3ccccc3c2c2ccccc12. The summed E-state index contributed by atoms with van der Waals surface area (Å²) in [5, 5.41) is 10.3. The number of fused-ring (bicyclic) bond motifs is 8. The summed E-state index contributed by atoms with van der Waals surface area (Å²) in [5.41, 5.74) is 9.09. The van der Waals surface area contributed by atoms with E-state index in [4.69, 9.17) is 0 Å². The molecule has 0 bridgehead atoms. The molecule has 1 nitrogen and oxygen atoms in total. The Kier molecular flexibility index (Phi) is 5.39. The van der Waals surface area contributed by atoms with Crippen LogP contribution in [0, 0.1) is 0 Å². The Morgan fingerprint density at radius 1 is 0.349 bits per heavy atom. The summed E-state index contributed by atoms with van der Waals surface area (Å²) in [6, 6.07) is 56.1. The molecule has 0 spiro atoms. The molecule has 43 heavy (non-hydrogen) atoms. The predicted molar refractivity (Wildman–Crippen MR) is 184 cm³/mol. The topological polar surface area (TPSA) is 3.24 Å². The number of hydrogen-bond donors (Lipinski definition) is 0. The Bertz CT molecular complexity index is 2310. The molecule has 0 aromatic heterocycles. The first-order chi connectivity index (χ1) is 21.3. The summed E-state index contributed by atoms with van der Waals surface area (Å²) in [6.07, 6.45) is 2.07. The average molecular weight is 548 g/mol. The molecule has 0 radical (unpaired) electrons. The van der Waals surface area contributed by atoms with Crippen LogP contribution in [0.2, 0.25) is 0 Å². The molecule has 9 rings (SSSR count). The van der Waals surface area contributed by atoms with Crippen molar-refractivity contribution in [1.82, 2.24) is 0 Å². The standard InChI is InChI=1S/C42H29N/c1-4-16-32-28(12-1)15-11-21-33(32)38-26-31-27-41(35-18-6-8-20-37(35)42(31)36-19-7-5-17-34(36)38)43-39-22-9-2-13-29(39)24-25-30-14-3-10-23-40(30)43/h1-23,26-27H,24-25H2. The maximum absolute atomic E-state index is 2.52. The number of anilines is 3. The molecule has 0 atom stereocenters. The average Bonchev–Trinajstić information content (AvgIpc) is 3.24. The highest BCUT2D eigenvalue weighted by Crippen LogP contribution is 2.48. The van der Waals surface area contributed by atoms with Crippen molar-refractivity contribution in [3.05, 3.63) is 163 Å². The van der Waals surface area contributed by atoms with Gasteiger partial charge in [-0.25, -0.2) is 0 Å². The van der Waals surface area contributed by atoms with Gasteiger partial charge in [0.2, 0.25) is 0 Å². The molecule has 1 heterocycles. The molecule has 0 fully saturated rings. The van der Waals surface area contributed by atoms with Gasteiger partial charge in [0.1, 0.15) is 0 Å². The summed E-state index contributed by atoms with van der Waals surface area (Å²) in [6.45, 7) is 0. The third kappa shape index (κ3) is 3.72. The van der Waals surface area contributed by atoms with Gasteiger partial charge in [-0.2, -0.15) is 0 Å². The third-order valence-corrected chi connectivity index (χ3v) is 9.29. The van der Waals surface area contributed by atoms with Crippen LogP contribution in [-0.2, 0) is 12.8 Å². The molecule has 0 unspecified atom stereocenters. The van der Waals surface area contributed by atoms with Crippen LogP contribution < -0.4 is 4.90 Å². The van der Waals surface area contributed by atoms with Gasteiger partial charge in [-0.15, -0.1) is 0 Å². The van der Waals surface area contributed by atoms with E-state index in [9.17, 15) is 0 Å². The van der Waals surface area contributed by atoms with Crippen molar-refractivity contribution in [1.29, 1.82) is 0 Å². The predicted octanol–water partition coefficient (Wildman–Crippen LogP) is 11.5. The lowest BCUT2D eigenvalue weighted by molar-refractivity contribution is 0.977. The number of benzene rings is 8. The van der Waals surface area contributed by atoms with Gasteiger partial charge in [0, 0.05) is 16.8 Å². The lowest BCUT2D eigenvalue weighted by atomic mass is 9.88. The van der Waals surface area contributed by atoms with E-state index in [0.29, 0.717) is 0 Å². The Morgan fingerprint density at radius 3 is 1.60 bits per heavy atom. The highest BCUT2D eigenvalue weighted by molar-refractivity contribution is 6.26. The molecule has 1 aliphatic heterocycles. The van der Waals surface area contributed by atoms with Gasteiger partial charge < -0.3 is 4.90 Å². The van der Waals surface area contributed by atoms with E-state index in [1.165, 1.54) is 82.4 Å². The minimum atomic E-state index is 1.03. The minimum Gasteiger partial charge on any atom is -0.309 e. The first-order valence-corrected chi connectivity index (χ1v) is 15.2. The van der Waals surface area contributed by atoms with Crippen LogP contribution in [0.25, 0.3) is 54.2 Å². The number of rotatable bonds is 2. The lowest BCUT2D eigenvalue weighted by Gasteiger charge is -2.29. The summed E-state index contributed by atoms with van der Waals surface area (Å²) in [7, 11) is 0. The van der Waals surface area contributed by atoms with Gasteiger partial charge in [0.25, 0.3) is 0 Å². The van der Waals surface area contributed by atoms with Crippen molar-refractivity contribution in [2.75, 3.05) is 4.90 Å². The first-order valence-electron chi connectivity index (χ1n) is 15.2. The van der Waals surface area contributed by atoms with Crippen LogP contribution in [0.4, 0.5) is 17.1 Å². The van der Waals surface area contributed by atoms with E-state index in [1.807, 2.05) is 0 Å². The number of para-hydroxylation sites is 2. The summed E-state index contributed by atoms with van der Waals surface area (Å²) >= 11 is 0. The molecule has 1 heteroatoms. The first kappa shape index (κ1) is 24.2. The molecule has 202 valence electrons. The molecule has 0 saturated heterocycles. The van der Waals surface area contributed by atoms with E-state index >= 15 is 0 Å². The lowest BCUT2D eigenvalue weighted by Crippen LogP contribution is -2.12. The zero-order valence-corrected chi connectivity index (χ0v) is 23.8. The highest BCUT2D eigenvalue weighted by Gasteiger charge is 2.24. The van der Waals surface area contributed by atoms with Crippen molar-refractivity contribution >= 4 is 60.2 Å². The van der Waals surface area contributed by atoms with Crippen molar-refractivity contribution < 1.29 is 0 Å². The van der Waals surface area contributed by atoms with Crippen LogP contribution >= 0.6 is 0 Å². The number of aryl methyl sites for hydroxylation is 2. The largest absolute Gasteiger partial charge is 0.309 e. The second kappa shape index (κ2) is 9.58. The number of nitrogens with zero attached hydrogens (tertiary/aromatic N) is 1. The molecule has 0 aliphatic carbocycles. The molecule has 0 saturated carbocycles. The third-order valence-electron chi connectivity index (χ3n) is 9.29. The fraction of sp³-hybridized carbons (Fsp3) is 0.0476. The maximum atomic E-state index is 2.52.